The van der Waals surface area contributed by atoms with Gasteiger partial charge in [0.2, 0.25) is 11.7 Å². The third-order valence-corrected chi connectivity index (χ3v) is 5.44. The number of imidazole rings is 1. The molecule has 0 fully saturated rings. The molecule has 0 saturated carbocycles. The third kappa shape index (κ3) is 7.07. The quantitative estimate of drug-likeness (QED) is 0.301. The Morgan fingerprint density at radius 1 is 0.811 bits per heavy atom. The van der Waals surface area contributed by atoms with Crippen molar-refractivity contribution in [3.63, 3.8) is 0 Å². The van der Waals surface area contributed by atoms with E-state index < -0.39 is 11.8 Å². The molecule has 3 aromatic heterocycles. The zero-order valence-electron chi connectivity index (χ0n) is 21.9. The van der Waals surface area contributed by atoms with Crippen LogP contribution in [-0.2, 0) is 25.9 Å². The van der Waals surface area contributed by atoms with Crippen molar-refractivity contribution in [2.75, 3.05) is 43.1 Å². The zero-order chi connectivity index (χ0) is 27.3. The van der Waals surface area contributed by atoms with Gasteiger partial charge in [0.15, 0.2) is 5.82 Å². The summed E-state index contributed by atoms with van der Waals surface area (Å²) in [6, 6.07) is 3.13. The smallest absolute Gasteiger partial charge is 0.291 e. The molecule has 13 heteroatoms. The summed E-state index contributed by atoms with van der Waals surface area (Å²) in [5.41, 5.74) is 1.64. The predicted octanol–water partition coefficient (Wildman–Crippen LogP) is 1.24. The highest BCUT2D eigenvalue weighted by atomic mass is 16.2. The molecule has 3 rings (SSSR count). The summed E-state index contributed by atoms with van der Waals surface area (Å²) in [7, 11) is 8.98. The Kier molecular flexibility index (Phi) is 8.50. The second-order valence-corrected chi connectivity index (χ2v) is 9.01. The highest BCUT2D eigenvalue weighted by Gasteiger charge is 2.19. The number of aromatic nitrogens is 4. The predicted molar refractivity (Wildman–Crippen MR) is 140 cm³/mol. The van der Waals surface area contributed by atoms with Crippen molar-refractivity contribution in [1.82, 2.24) is 28.9 Å². The first-order valence-corrected chi connectivity index (χ1v) is 11.6. The molecular weight excluding hydrogens is 478 g/mol. The summed E-state index contributed by atoms with van der Waals surface area (Å²) in [5.74, 6) is -1.17. The number of anilines is 3. The summed E-state index contributed by atoms with van der Waals surface area (Å²) < 4.78 is 4.69. The molecule has 3 aromatic rings. The minimum atomic E-state index is -0.502. The van der Waals surface area contributed by atoms with Crippen LogP contribution in [0.5, 0.6) is 0 Å². The second kappa shape index (κ2) is 11.6. The summed E-state index contributed by atoms with van der Waals surface area (Å²) in [6.45, 7) is 2.79. The van der Waals surface area contributed by atoms with Crippen LogP contribution in [0.2, 0.25) is 0 Å². The molecular formula is C24H33N9O4. The maximum absolute atomic E-state index is 12.9. The molecule has 0 spiro atoms. The van der Waals surface area contributed by atoms with Crippen LogP contribution in [0.4, 0.5) is 17.2 Å². The molecule has 37 heavy (non-hydrogen) atoms. The van der Waals surface area contributed by atoms with Crippen LogP contribution in [0.1, 0.15) is 44.9 Å². The standard InChI is InChI=1S/C24H33N9O4/c1-15(34)26-16-10-19(32(5)12-16)23(36)29-20-14-33(6)21(28-20)24(37)27-17-11-18(31(4)13-17)22(35)25-8-7-9-30(2)3/h10-14H,7-9H2,1-6H3,(H,25,35)(H,26,34)(H,27,37)(H,29,36). The minimum Gasteiger partial charge on any atom is -0.351 e. The van der Waals surface area contributed by atoms with Gasteiger partial charge in [-0.3, -0.25) is 19.2 Å². The van der Waals surface area contributed by atoms with Gasteiger partial charge < -0.3 is 39.9 Å². The number of carbonyl (C=O) groups excluding carboxylic acids is 4. The fraction of sp³-hybridized carbons (Fsp3) is 0.375. The molecule has 0 aliphatic carbocycles. The number of nitrogens with one attached hydrogen (secondary N) is 4. The molecule has 3 heterocycles. The Labute approximate surface area is 214 Å². The van der Waals surface area contributed by atoms with E-state index in [1.807, 2.05) is 19.0 Å². The monoisotopic (exact) mass is 511 g/mol. The van der Waals surface area contributed by atoms with Gasteiger partial charge in [-0.15, -0.1) is 0 Å². The van der Waals surface area contributed by atoms with Crippen LogP contribution in [0.3, 0.4) is 0 Å². The summed E-state index contributed by atoms with van der Waals surface area (Å²) in [6.07, 6.45) is 5.60. The fourth-order valence-corrected chi connectivity index (χ4v) is 3.71. The normalized spacial score (nSPS) is 10.9. The molecule has 0 aliphatic heterocycles. The number of hydrogen-bond acceptors (Lipinski definition) is 6. The highest BCUT2D eigenvalue weighted by Crippen LogP contribution is 2.17. The molecule has 0 atom stereocenters. The van der Waals surface area contributed by atoms with Gasteiger partial charge in [0, 0.05) is 53.2 Å². The van der Waals surface area contributed by atoms with E-state index in [0.29, 0.717) is 29.3 Å². The molecule has 4 N–H and O–H groups in total. The van der Waals surface area contributed by atoms with Crippen LogP contribution in [-0.4, -0.2) is 74.4 Å². The van der Waals surface area contributed by atoms with Crippen molar-refractivity contribution < 1.29 is 19.2 Å². The van der Waals surface area contributed by atoms with Crippen molar-refractivity contribution in [2.45, 2.75) is 13.3 Å². The van der Waals surface area contributed by atoms with Crippen LogP contribution >= 0.6 is 0 Å². The summed E-state index contributed by atoms with van der Waals surface area (Å²) in [5, 5.41) is 10.9. The maximum Gasteiger partial charge on any atom is 0.291 e. The van der Waals surface area contributed by atoms with E-state index >= 15 is 0 Å². The van der Waals surface area contributed by atoms with Crippen LogP contribution in [0.25, 0.3) is 0 Å². The zero-order valence-corrected chi connectivity index (χ0v) is 21.9. The lowest BCUT2D eigenvalue weighted by molar-refractivity contribution is -0.114. The molecule has 0 unspecified atom stereocenters. The van der Waals surface area contributed by atoms with E-state index in [4.69, 9.17) is 0 Å². The number of carbonyl (C=O) groups is 4. The topological polar surface area (TPSA) is 147 Å². The first kappa shape index (κ1) is 27.2. The largest absolute Gasteiger partial charge is 0.351 e. The van der Waals surface area contributed by atoms with Crippen molar-refractivity contribution in [3.05, 3.63) is 47.9 Å². The lowest BCUT2D eigenvalue weighted by atomic mass is 10.3. The van der Waals surface area contributed by atoms with Gasteiger partial charge in [0.05, 0.1) is 11.4 Å². The Balaban J connectivity index is 1.63. The van der Waals surface area contributed by atoms with Gasteiger partial charge in [0.1, 0.15) is 11.4 Å². The first-order valence-electron chi connectivity index (χ1n) is 11.6. The number of hydrogen-bond donors (Lipinski definition) is 4. The molecule has 198 valence electrons. The average Bonchev–Trinajstić information content (AvgIpc) is 3.46. The van der Waals surface area contributed by atoms with Crippen molar-refractivity contribution in [1.29, 1.82) is 0 Å². The van der Waals surface area contributed by atoms with E-state index in [2.05, 4.69) is 26.3 Å². The molecule has 4 amide bonds. The lowest BCUT2D eigenvalue weighted by Gasteiger charge is -2.10. The van der Waals surface area contributed by atoms with E-state index in [9.17, 15) is 19.2 Å². The van der Waals surface area contributed by atoms with Gasteiger partial charge in [-0.05, 0) is 39.2 Å². The van der Waals surface area contributed by atoms with Gasteiger partial charge >= 0.3 is 0 Å². The van der Waals surface area contributed by atoms with Crippen molar-refractivity contribution in [3.8, 4) is 0 Å². The number of aryl methyl sites for hydroxylation is 3. The molecule has 0 saturated heterocycles. The summed E-state index contributed by atoms with van der Waals surface area (Å²) >= 11 is 0. The van der Waals surface area contributed by atoms with E-state index in [1.54, 1.807) is 54.8 Å². The second-order valence-electron chi connectivity index (χ2n) is 9.01. The van der Waals surface area contributed by atoms with Crippen LogP contribution in [0, 0.1) is 0 Å². The molecule has 0 radical (unpaired) electrons. The Hall–Kier alpha value is -4.39. The van der Waals surface area contributed by atoms with Gasteiger partial charge in [-0.2, -0.15) is 0 Å². The summed E-state index contributed by atoms with van der Waals surface area (Å²) in [4.78, 5) is 55.6. The Morgan fingerprint density at radius 3 is 2.00 bits per heavy atom. The molecule has 0 aliphatic rings. The van der Waals surface area contributed by atoms with E-state index in [1.165, 1.54) is 17.7 Å². The number of amides is 4. The highest BCUT2D eigenvalue weighted by molar-refractivity contribution is 6.06. The number of rotatable bonds is 10. The van der Waals surface area contributed by atoms with Gasteiger partial charge in [-0.25, -0.2) is 4.98 Å². The van der Waals surface area contributed by atoms with Crippen molar-refractivity contribution in [2.24, 2.45) is 21.1 Å². The maximum atomic E-state index is 12.9. The van der Waals surface area contributed by atoms with Gasteiger partial charge in [0.25, 0.3) is 17.7 Å². The Morgan fingerprint density at radius 2 is 1.41 bits per heavy atom. The first-order chi connectivity index (χ1) is 17.4. The molecule has 0 aromatic carbocycles. The third-order valence-electron chi connectivity index (χ3n) is 5.44. The van der Waals surface area contributed by atoms with Crippen LogP contribution < -0.4 is 21.3 Å². The average molecular weight is 512 g/mol. The SMILES string of the molecule is CC(=O)Nc1cc(C(=O)Nc2cn(C)c(C(=O)Nc3cc(C(=O)NCCCN(C)C)n(C)c3)n2)n(C)c1. The fourth-order valence-electron chi connectivity index (χ4n) is 3.71. The van der Waals surface area contributed by atoms with E-state index in [-0.39, 0.29) is 23.5 Å². The minimum absolute atomic E-state index is 0.0691. The van der Waals surface area contributed by atoms with E-state index in [0.717, 1.165) is 13.0 Å². The van der Waals surface area contributed by atoms with Crippen LogP contribution in [0.15, 0.2) is 30.7 Å². The van der Waals surface area contributed by atoms with Gasteiger partial charge in [-0.1, -0.05) is 0 Å². The van der Waals surface area contributed by atoms with Crippen molar-refractivity contribution >= 4 is 40.8 Å². The number of nitrogens with zero attached hydrogens (tertiary/aromatic N) is 5. The lowest BCUT2D eigenvalue weighted by Crippen LogP contribution is -2.28. The molecule has 13 nitrogen and oxygen atoms in total. The Bertz CT molecular complexity index is 1320. The molecule has 0 bridgehead atoms.